The van der Waals surface area contributed by atoms with E-state index in [4.69, 9.17) is 5.73 Å². The van der Waals surface area contributed by atoms with Crippen LogP contribution in [-0.2, 0) is 17.5 Å². The maximum absolute atomic E-state index is 13.6. The first-order chi connectivity index (χ1) is 13.1. The Morgan fingerprint density at radius 3 is 2.29 bits per heavy atom. The second-order valence-corrected chi connectivity index (χ2v) is 7.05. The van der Waals surface area contributed by atoms with Crippen LogP contribution >= 0.6 is 0 Å². The average molecular weight is 396 g/mol. The van der Waals surface area contributed by atoms with E-state index in [1.165, 1.54) is 10.7 Å². The summed E-state index contributed by atoms with van der Waals surface area (Å²) < 4.78 is 42.4. The molecule has 1 heterocycles. The largest absolute Gasteiger partial charge is 0.416 e. The molecule has 0 aliphatic heterocycles. The fraction of sp³-hybridized carbons (Fsp3) is 0.500. The lowest BCUT2D eigenvalue weighted by atomic mass is 9.81. The molecule has 0 aliphatic carbocycles. The molecule has 2 aromatic rings. The third kappa shape index (κ3) is 4.38. The molecule has 28 heavy (non-hydrogen) atoms. The Bertz CT molecular complexity index is 830. The van der Waals surface area contributed by atoms with Crippen molar-refractivity contribution in [2.45, 2.75) is 53.3 Å². The molecule has 2 rings (SSSR count). The zero-order valence-electron chi connectivity index (χ0n) is 16.7. The summed E-state index contributed by atoms with van der Waals surface area (Å²) in [6.45, 7) is 7.19. The molecule has 0 bridgehead atoms. The predicted molar refractivity (Wildman–Crippen MR) is 102 cm³/mol. The molecule has 0 spiro atoms. The van der Waals surface area contributed by atoms with Crippen molar-refractivity contribution in [2.75, 3.05) is 6.54 Å². The maximum atomic E-state index is 13.6. The monoisotopic (exact) mass is 396 g/mol. The molecule has 0 fully saturated rings. The van der Waals surface area contributed by atoms with Gasteiger partial charge in [0.2, 0.25) is 5.91 Å². The molecule has 0 aliphatic rings. The number of aromatic nitrogens is 2. The Hall–Kier alpha value is -2.35. The van der Waals surface area contributed by atoms with Crippen LogP contribution in [0, 0.1) is 19.3 Å². The number of alkyl halides is 3. The second kappa shape index (κ2) is 8.34. The van der Waals surface area contributed by atoms with E-state index >= 15 is 0 Å². The zero-order chi connectivity index (χ0) is 21.1. The van der Waals surface area contributed by atoms with Crippen LogP contribution in [0.15, 0.2) is 24.3 Å². The number of amides is 1. The summed E-state index contributed by atoms with van der Waals surface area (Å²) in [5.74, 6) is -0.323. The van der Waals surface area contributed by atoms with Crippen LogP contribution in [0.3, 0.4) is 0 Å². The number of halogens is 3. The fourth-order valence-corrected chi connectivity index (χ4v) is 3.32. The predicted octanol–water partition coefficient (Wildman–Crippen LogP) is 3.89. The highest BCUT2D eigenvalue weighted by Gasteiger charge is 2.36. The summed E-state index contributed by atoms with van der Waals surface area (Å²) in [6.07, 6.45) is -3.50. The molecule has 0 saturated heterocycles. The quantitative estimate of drug-likeness (QED) is 0.746. The number of hydrogen-bond acceptors (Lipinski definition) is 3. The van der Waals surface area contributed by atoms with Crippen molar-refractivity contribution in [2.24, 2.45) is 11.1 Å². The molecule has 0 atom stereocenters. The number of nitrogens with zero attached hydrogens (tertiary/aromatic N) is 2. The van der Waals surface area contributed by atoms with E-state index in [1.54, 1.807) is 26.0 Å². The molecule has 154 valence electrons. The van der Waals surface area contributed by atoms with Crippen molar-refractivity contribution >= 4 is 5.91 Å². The van der Waals surface area contributed by atoms with Crippen LogP contribution in [0.5, 0.6) is 0 Å². The smallest absolute Gasteiger partial charge is 0.351 e. The minimum atomic E-state index is -4.55. The molecule has 8 heteroatoms. The Kier molecular flexibility index (Phi) is 6.54. The molecule has 1 aromatic heterocycles. The highest BCUT2D eigenvalue weighted by Crippen LogP contribution is 2.34. The Balaban J connectivity index is 2.35. The lowest BCUT2D eigenvalue weighted by molar-refractivity contribution is -0.139. The molecule has 3 N–H and O–H groups in total. The van der Waals surface area contributed by atoms with E-state index in [0.717, 1.165) is 17.5 Å². The minimum absolute atomic E-state index is 0.00394. The Morgan fingerprint density at radius 1 is 1.18 bits per heavy atom. The van der Waals surface area contributed by atoms with E-state index in [1.807, 2.05) is 13.8 Å². The third-order valence-corrected chi connectivity index (χ3v) is 5.32. The standard InChI is InChI=1S/C20H27F3N4O/c1-5-19(6-2,12-24)18(28)25-11-15-7-8-16(10-17(15)20(21,22)23)27-14(4)9-13(3)26-27/h7-10H,5-6,11-12,24H2,1-4H3,(H,25,28). The normalized spacial score (nSPS) is 12.3. The van der Waals surface area contributed by atoms with Crippen molar-refractivity contribution in [3.8, 4) is 5.69 Å². The van der Waals surface area contributed by atoms with E-state index in [9.17, 15) is 18.0 Å². The lowest BCUT2D eigenvalue weighted by Gasteiger charge is -2.28. The molecule has 0 unspecified atom stereocenters. The Morgan fingerprint density at radius 2 is 1.82 bits per heavy atom. The van der Waals surface area contributed by atoms with Crippen molar-refractivity contribution in [3.63, 3.8) is 0 Å². The van der Waals surface area contributed by atoms with Gasteiger partial charge in [0.1, 0.15) is 0 Å². The molecule has 5 nitrogen and oxygen atoms in total. The minimum Gasteiger partial charge on any atom is -0.351 e. The first-order valence-electron chi connectivity index (χ1n) is 9.30. The van der Waals surface area contributed by atoms with Gasteiger partial charge in [-0.25, -0.2) is 4.68 Å². The van der Waals surface area contributed by atoms with Gasteiger partial charge in [-0.1, -0.05) is 19.9 Å². The summed E-state index contributed by atoms with van der Waals surface area (Å²) >= 11 is 0. The van der Waals surface area contributed by atoms with Crippen molar-refractivity contribution in [1.29, 1.82) is 0 Å². The van der Waals surface area contributed by atoms with Gasteiger partial charge in [0, 0.05) is 18.8 Å². The highest BCUT2D eigenvalue weighted by atomic mass is 19.4. The van der Waals surface area contributed by atoms with Crippen molar-refractivity contribution in [1.82, 2.24) is 15.1 Å². The second-order valence-electron chi connectivity index (χ2n) is 7.05. The average Bonchev–Trinajstić information content (AvgIpc) is 2.99. The summed E-state index contributed by atoms with van der Waals surface area (Å²) in [7, 11) is 0. The van der Waals surface area contributed by atoms with Gasteiger partial charge in [-0.3, -0.25) is 4.79 Å². The number of benzene rings is 1. The Labute approximate surface area is 163 Å². The summed E-state index contributed by atoms with van der Waals surface area (Å²) in [6, 6.07) is 5.82. The number of nitrogens with one attached hydrogen (secondary N) is 1. The zero-order valence-corrected chi connectivity index (χ0v) is 16.7. The molecule has 1 amide bonds. The van der Waals surface area contributed by atoms with E-state index < -0.39 is 17.2 Å². The molecular weight excluding hydrogens is 369 g/mol. The van der Waals surface area contributed by atoms with Gasteiger partial charge in [-0.05, 0) is 50.5 Å². The van der Waals surface area contributed by atoms with Crippen LogP contribution in [0.4, 0.5) is 13.2 Å². The maximum Gasteiger partial charge on any atom is 0.416 e. The van der Waals surface area contributed by atoms with E-state index in [-0.39, 0.29) is 24.6 Å². The number of carbonyl (C=O) groups excluding carboxylic acids is 1. The van der Waals surface area contributed by atoms with Crippen LogP contribution in [-0.4, -0.2) is 22.2 Å². The third-order valence-electron chi connectivity index (χ3n) is 5.32. The van der Waals surface area contributed by atoms with Crippen molar-refractivity contribution < 1.29 is 18.0 Å². The molecule has 0 saturated carbocycles. The van der Waals surface area contributed by atoms with Crippen LogP contribution in [0.2, 0.25) is 0 Å². The van der Waals surface area contributed by atoms with Crippen LogP contribution in [0.1, 0.15) is 49.2 Å². The first-order valence-corrected chi connectivity index (χ1v) is 9.30. The number of nitrogens with two attached hydrogens (primary N) is 1. The number of hydrogen-bond donors (Lipinski definition) is 2. The molecule has 1 aromatic carbocycles. The van der Waals surface area contributed by atoms with E-state index in [2.05, 4.69) is 10.4 Å². The molecular formula is C20H27F3N4O. The summed E-state index contributed by atoms with van der Waals surface area (Å²) in [4.78, 5) is 12.5. The van der Waals surface area contributed by atoms with Gasteiger partial charge in [0.05, 0.1) is 22.4 Å². The lowest BCUT2D eigenvalue weighted by Crippen LogP contribution is -2.45. The van der Waals surface area contributed by atoms with Gasteiger partial charge in [0.25, 0.3) is 0 Å². The number of carbonyl (C=O) groups is 1. The SMILES string of the molecule is CCC(CC)(CN)C(=O)NCc1ccc(-n2nc(C)cc2C)cc1C(F)(F)F. The van der Waals surface area contributed by atoms with Gasteiger partial charge in [0.15, 0.2) is 0 Å². The van der Waals surface area contributed by atoms with Crippen LogP contribution < -0.4 is 11.1 Å². The van der Waals surface area contributed by atoms with Gasteiger partial charge in [-0.2, -0.15) is 18.3 Å². The fourth-order valence-electron chi connectivity index (χ4n) is 3.32. The van der Waals surface area contributed by atoms with E-state index in [0.29, 0.717) is 18.5 Å². The highest BCUT2D eigenvalue weighted by molar-refractivity contribution is 5.82. The summed E-state index contributed by atoms with van der Waals surface area (Å²) in [5.41, 5.74) is 5.99. The van der Waals surface area contributed by atoms with Crippen LogP contribution in [0.25, 0.3) is 5.69 Å². The summed E-state index contributed by atoms with van der Waals surface area (Å²) in [5, 5.41) is 6.88. The topological polar surface area (TPSA) is 72.9 Å². The number of aryl methyl sites for hydroxylation is 2. The van der Waals surface area contributed by atoms with Gasteiger partial charge < -0.3 is 11.1 Å². The molecule has 0 radical (unpaired) electrons. The van der Waals surface area contributed by atoms with Gasteiger partial charge >= 0.3 is 6.18 Å². The number of rotatable bonds is 7. The van der Waals surface area contributed by atoms with Crippen molar-refractivity contribution in [3.05, 3.63) is 46.8 Å². The van der Waals surface area contributed by atoms with Gasteiger partial charge in [-0.15, -0.1) is 0 Å². The first kappa shape index (κ1) is 21.9.